The largest absolute Gasteiger partial charge is 0.496 e. The van der Waals surface area contributed by atoms with Gasteiger partial charge in [0.15, 0.2) is 11.5 Å². The molecule has 2 amide bonds. The fourth-order valence-corrected chi connectivity index (χ4v) is 2.36. The van der Waals surface area contributed by atoms with Crippen LogP contribution in [0.25, 0.3) is 0 Å². The molecule has 26 heavy (non-hydrogen) atoms. The van der Waals surface area contributed by atoms with Crippen LogP contribution in [0, 0.1) is 0 Å². The van der Waals surface area contributed by atoms with Crippen LogP contribution in [0.4, 0.5) is 0 Å². The Bertz CT molecular complexity index is 776. The molecule has 2 rings (SSSR count). The summed E-state index contributed by atoms with van der Waals surface area (Å²) in [5.41, 5.74) is 0.889. The summed E-state index contributed by atoms with van der Waals surface area (Å²) in [7, 11) is 4.55. The summed E-state index contributed by atoms with van der Waals surface area (Å²) >= 11 is 0. The molecule has 2 aromatic rings. The highest BCUT2D eigenvalue weighted by Gasteiger charge is 2.12. The van der Waals surface area contributed by atoms with E-state index in [0.717, 1.165) is 0 Å². The number of ether oxygens (including phenoxy) is 3. The van der Waals surface area contributed by atoms with Gasteiger partial charge in [0.1, 0.15) is 5.75 Å². The second kappa shape index (κ2) is 9.31. The van der Waals surface area contributed by atoms with E-state index in [1.807, 2.05) is 0 Å². The molecule has 0 saturated carbocycles. The van der Waals surface area contributed by atoms with Crippen LogP contribution in [0.5, 0.6) is 17.2 Å². The highest BCUT2D eigenvalue weighted by atomic mass is 16.5. The normalized spacial score (nSPS) is 9.96. The first kappa shape index (κ1) is 19.1. The van der Waals surface area contributed by atoms with Gasteiger partial charge in [-0.1, -0.05) is 12.1 Å². The smallest absolute Gasteiger partial charge is 0.255 e. The maximum absolute atomic E-state index is 12.2. The highest BCUT2D eigenvalue weighted by molar-refractivity contribution is 5.97. The number of benzene rings is 2. The summed E-state index contributed by atoms with van der Waals surface area (Å²) in [5, 5.41) is 5.48. The lowest BCUT2D eigenvalue weighted by atomic mass is 10.2. The van der Waals surface area contributed by atoms with Crippen molar-refractivity contribution in [2.75, 3.05) is 34.4 Å². The first-order valence-corrected chi connectivity index (χ1v) is 8.02. The van der Waals surface area contributed by atoms with Gasteiger partial charge < -0.3 is 24.8 Å². The zero-order valence-corrected chi connectivity index (χ0v) is 15.0. The third-order valence-electron chi connectivity index (χ3n) is 3.69. The number of carbonyl (C=O) groups excluding carboxylic acids is 2. The molecule has 0 bridgehead atoms. The average Bonchev–Trinajstić information content (AvgIpc) is 2.70. The van der Waals surface area contributed by atoms with Gasteiger partial charge in [0.25, 0.3) is 11.8 Å². The molecule has 0 aliphatic heterocycles. The first-order valence-electron chi connectivity index (χ1n) is 8.02. The predicted octanol–water partition coefficient (Wildman–Crippen LogP) is 1.87. The summed E-state index contributed by atoms with van der Waals surface area (Å²) in [6, 6.07) is 11.8. The van der Waals surface area contributed by atoms with E-state index in [2.05, 4.69) is 10.6 Å². The number of amides is 2. The predicted molar refractivity (Wildman–Crippen MR) is 97.2 cm³/mol. The number of carbonyl (C=O) groups is 2. The molecule has 7 heteroatoms. The van der Waals surface area contributed by atoms with Crippen molar-refractivity contribution >= 4 is 11.8 Å². The average molecular weight is 358 g/mol. The maximum Gasteiger partial charge on any atom is 0.255 e. The van der Waals surface area contributed by atoms with Crippen LogP contribution in [0.15, 0.2) is 42.5 Å². The van der Waals surface area contributed by atoms with Gasteiger partial charge >= 0.3 is 0 Å². The van der Waals surface area contributed by atoms with Gasteiger partial charge in [-0.25, -0.2) is 0 Å². The summed E-state index contributed by atoms with van der Waals surface area (Å²) in [6.45, 7) is 0.573. The Hall–Kier alpha value is -3.22. The van der Waals surface area contributed by atoms with Crippen LogP contribution >= 0.6 is 0 Å². The van der Waals surface area contributed by atoms with Gasteiger partial charge in [-0.2, -0.15) is 0 Å². The molecule has 138 valence electrons. The molecular formula is C19H22N2O5. The minimum Gasteiger partial charge on any atom is -0.496 e. The Balaban J connectivity index is 1.86. The lowest BCUT2D eigenvalue weighted by Crippen LogP contribution is -2.34. The minimum absolute atomic E-state index is 0.261. The Labute approximate surface area is 152 Å². The van der Waals surface area contributed by atoms with Crippen LogP contribution in [0.2, 0.25) is 0 Å². The van der Waals surface area contributed by atoms with Crippen molar-refractivity contribution in [2.45, 2.75) is 0 Å². The third-order valence-corrected chi connectivity index (χ3v) is 3.69. The summed E-state index contributed by atoms with van der Waals surface area (Å²) in [4.78, 5) is 24.3. The fourth-order valence-electron chi connectivity index (χ4n) is 2.36. The van der Waals surface area contributed by atoms with Gasteiger partial charge in [-0.3, -0.25) is 9.59 Å². The van der Waals surface area contributed by atoms with E-state index in [4.69, 9.17) is 14.2 Å². The Morgan fingerprint density at radius 1 is 0.769 bits per heavy atom. The van der Waals surface area contributed by atoms with Crippen molar-refractivity contribution in [2.24, 2.45) is 0 Å². The number of rotatable bonds is 8. The monoisotopic (exact) mass is 358 g/mol. The molecule has 0 aromatic heterocycles. The second-order valence-electron chi connectivity index (χ2n) is 5.28. The van der Waals surface area contributed by atoms with Crippen molar-refractivity contribution < 1.29 is 23.8 Å². The lowest BCUT2D eigenvalue weighted by Gasteiger charge is -2.11. The van der Waals surface area contributed by atoms with Crippen LogP contribution < -0.4 is 24.8 Å². The summed E-state index contributed by atoms with van der Waals surface area (Å²) < 4.78 is 15.5. The van der Waals surface area contributed by atoms with Gasteiger partial charge in [0.2, 0.25) is 0 Å². The van der Waals surface area contributed by atoms with E-state index in [9.17, 15) is 9.59 Å². The molecule has 0 aliphatic rings. The first-order chi connectivity index (χ1) is 12.6. The van der Waals surface area contributed by atoms with Crippen molar-refractivity contribution in [3.05, 3.63) is 53.6 Å². The standard InChI is InChI=1S/C19H22N2O5/c1-24-15-7-5-4-6-14(15)19(23)21-11-10-20-18(22)13-8-9-16(25-2)17(12-13)26-3/h4-9,12H,10-11H2,1-3H3,(H,20,22)(H,21,23). The highest BCUT2D eigenvalue weighted by Crippen LogP contribution is 2.27. The topological polar surface area (TPSA) is 85.9 Å². The van der Waals surface area contributed by atoms with Crippen LogP contribution in [0.1, 0.15) is 20.7 Å². The van der Waals surface area contributed by atoms with Gasteiger partial charge in [0, 0.05) is 18.7 Å². The molecule has 0 atom stereocenters. The van der Waals surface area contributed by atoms with E-state index < -0.39 is 0 Å². The molecule has 0 spiro atoms. The van der Waals surface area contributed by atoms with E-state index in [1.165, 1.54) is 21.3 Å². The molecule has 0 aliphatic carbocycles. The van der Waals surface area contributed by atoms with E-state index in [-0.39, 0.29) is 24.9 Å². The Kier molecular flexibility index (Phi) is 6.84. The molecule has 0 saturated heterocycles. The minimum atomic E-state index is -0.266. The van der Waals surface area contributed by atoms with Crippen LogP contribution in [0.3, 0.4) is 0 Å². The van der Waals surface area contributed by atoms with Crippen LogP contribution in [-0.2, 0) is 0 Å². The third kappa shape index (κ3) is 4.66. The number of nitrogens with one attached hydrogen (secondary N) is 2. The summed E-state index contributed by atoms with van der Waals surface area (Å²) in [5.74, 6) is 0.998. The van der Waals surface area contributed by atoms with Crippen molar-refractivity contribution in [3.63, 3.8) is 0 Å². The fraction of sp³-hybridized carbons (Fsp3) is 0.263. The van der Waals surface area contributed by atoms with Gasteiger partial charge in [-0.15, -0.1) is 0 Å². The molecule has 7 nitrogen and oxygen atoms in total. The van der Waals surface area contributed by atoms with Gasteiger partial charge in [-0.05, 0) is 30.3 Å². The number of hydrogen-bond donors (Lipinski definition) is 2. The maximum atomic E-state index is 12.2. The number of methoxy groups -OCH3 is 3. The number of hydrogen-bond acceptors (Lipinski definition) is 5. The summed E-state index contributed by atoms with van der Waals surface area (Å²) in [6.07, 6.45) is 0. The van der Waals surface area contributed by atoms with Crippen molar-refractivity contribution in [3.8, 4) is 17.2 Å². The zero-order chi connectivity index (χ0) is 18.9. The Morgan fingerprint density at radius 2 is 1.38 bits per heavy atom. The van der Waals surface area contributed by atoms with Crippen molar-refractivity contribution in [1.29, 1.82) is 0 Å². The molecule has 0 radical (unpaired) electrons. The lowest BCUT2D eigenvalue weighted by molar-refractivity contribution is 0.0926. The van der Waals surface area contributed by atoms with E-state index in [1.54, 1.807) is 42.5 Å². The van der Waals surface area contributed by atoms with E-state index in [0.29, 0.717) is 28.4 Å². The number of para-hydroxylation sites is 1. The van der Waals surface area contributed by atoms with Gasteiger partial charge in [0.05, 0.1) is 26.9 Å². The van der Waals surface area contributed by atoms with Crippen LogP contribution in [-0.4, -0.2) is 46.2 Å². The molecule has 0 fully saturated rings. The zero-order valence-electron chi connectivity index (χ0n) is 15.0. The Morgan fingerprint density at radius 3 is 2.04 bits per heavy atom. The molecule has 0 heterocycles. The molecule has 2 N–H and O–H groups in total. The molecule has 0 unspecified atom stereocenters. The van der Waals surface area contributed by atoms with Crippen molar-refractivity contribution in [1.82, 2.24) is 10.6 Å². The van der Waals surface area contributed by atoms with E-state index >= 15 is 0 Å². The molecule has 2 aromatic carbocycles. The quantitative estimate of drug-likeness (QED) is 0.704. The SMILES string of the molecule is COc1ccc(C(=O)NCCNC(=O)c2ccccc2OC)cc1OC. The second-order valence-corrected chi connectivity index (χ2v) is 5.28. The molecular weight excluding hydrogens is 336 g/mol.